The second-order valence-corrected chi connectivity index (χ2v) is 4.89. The first kappa shape index (κ1) is 13.7. The highest BCUT2D eigenvalue weighted by Crippen LogP contribution is 2.33. The van der Waals surface area contributed by atoms with Gasteiger partial charge in [-0.3, -0.25) is 4.79 Å². The van der Waals surface area contributed by atoms with Gasteiger partial charge in [-0.2, -0.15) is 0 Å². The van der Waals surface area contributed by atoms with Crippen LogP contribution < -0.4 is 9.64 Å². The van der Waals surface area contributed by atoms with Crippen molar-refractivity contribution in [2.45, 2.75) is 19.3 Å². The molecule has 1 atom stereocenters. The number of rotatable bonds is 5. The Morgan fingerprint density at radius 1 is 1.37 bits per heavy atom. The van der Waals surface area contributed by atoms with Crippen molar-refractivity contribution < 1.29 is 14.3 Å². The number of hydrogen-bond donors (Lipinski definition) is 0. The van der Waals surface area contributed by atoms with Crippen LogP contribution in [0.25, 0.3) is 0 Å². The fourth-order valence-electron chi connectivity index (χ4n) is 2.60. The predicted octanol–water partition coefficient (Wildman–Crippen LogP) is 2.47. The molecule has 1 heterocycles. The Kier molecular flexibility index (Phi) is 4.66. The zero-order chi connectivity index (χ0) is 13.7. The van der Waals surface area contributed by atoms with Gasteiger partial charge in [-0.1, -0.05) is 12.1 Å². The summed E-state index contributed by atoms with van der Waals surface area (Å²) in [6.45, 7) is 2.00. The molecule has 0 radical (unpaired) electrons. The normalized spacial score (nSPS) is 18.4. The minimum Gasteiger partial charge on any atom is -0.495 e. The Morgan fingerprint density at radius 3 is 2.89 bits per heavy atom. The van der Waals surface area contributed by atoms with Crippen LogP contribution in [0.2, 0.25) is 0 Å². The zero-order valence-electron chi connectivity index (χ0n) is 11.6. The predicted molar refractivity (Wildman–Crippen MR) is 74.6 cm³/mol. The van der Waals surface area contributed by atoms with Crippen molar-refractivity contribution in [2.24, 2.45) is 5.92 Å². The highest BCUT2D eigenvalue weighted by molar-refractivity contribution is 5.69. The van der Waals surface area contributed by atoms with Crippen molar-refractivity contribution in [1.82, 2.24) is 0 Å². The van der Waals surface area contributed by atoms with Crippen molar-refractivity contribution in [2.75, 3.05) is 32.2 Å². The second kappa shape index (κ2) is 6.45. The van der Waals surface area contributed by atoms with E-state index in [9.17, 15) is 4.79 Å². The van der Waals surface area contributed by atoms with E-state index in [0.29, 0.717) is 12.3 Å². The summed E-state index contributed by atoms with van der Waals surface area (Å²) in [7, 11) is 3.14. The first-order chi connectivity index (χ1) is 9.24. The molecule has 0 N–H and O–H groups in total. The lowest BCUT2D eigenvalue weighted by molar-refractivity contribution is -0.140. The smallest absolute Gasteiger partial charge is 0.305 e. The van der Waals surface area contributed by atoms with Crippen molar-refractivity contribution in [3.05, 3.63) is 24.3 Å². The molecule has 1 saturated heterocycles. The number of esters is 1. The molecular weight excluding hydrogens is 242 g/mol. The Hall–Kier alpha value is -1.71. The van der Waals surface area contributed by atoms with E-state index in [4.69, 9.17) is 4.74 Å². The van der Waals surface area contributed by atoms with E-state index in [1.54, 1.807) is 7.11 Å². The maximum Gasteiger partial charge on any atom is 0.305 e. The van der Waals surface area contributed by atoms with E-state index in [0.717, 1.165) is 37.4 Å². The van der Waals surface area contributed by atoms with Crippen LogP contribution in [0.4, 0.5) is 5.69 Å². The largest absolute Gasteiger partial charge is 0.495 e. The van der Waals surface area contributed by atoms with Gasteiger partial charge < -0.3 is 14.4 Å². The third-order valence-electron chi connectivity index (χ3n) is 3.70. The average molecular weight is 263 g/mol. The molecule has 1 aliphatic rings. The number of benzene rings is 1. The third kappa shape index (κ3) is 3.40. The quantitative estimate of drug-likeness (QED) is 0.765. The summed E-state index contributed by atoms with van der Waals surface area (Å²) in [6.07, 6.45) is 2.54. The summed E-state index contributed by atoms with van der Waals surface area (Å²) >= 11 is 0. The number of methoxy groups -OCH3 is 2. The molecule has 1 aliphatic heterocycles. The molecule has 0 spiro atoms. The van der Waals surface area contributed by atoms with Gasteiger partial charge in [0.05, 0.1) is 19.9 Å². The van der Waals surface area contributed by atoms with Gasteiger partial charge in [-0.25, -0.2) is 0 Å². The number of anilines is 1. The van der Waals surface area contributed by atoms with Crippen molar-refractivity contribution in [3.63, 3.8) is 0 Å². The van der Waals surface area contributed by atoms with Gasteiger partial charge in [0.25, 0.3) is 0 Å². The molecule has 4 nitrogen and oxygen atoms in total. The molecule has 1 fully saturated rings. The van der Waals surface area contributed by atoms with E-state index in [-0.39, 0.29) is 5.97 Å². The minimum atomic E-state index is -0.115. The van der Waals surface area contributed by atoms with E-state index >= 15 is 0 Å². The van der Waals surface area contributed by atoms with Gasteiger partial charge in [-0.15, -0.1) is 0 Å². The van der Waals surface area contributed by atoms with Gasteiger partial charge in [0.2, 0.25) is 0 Å². The van der Waals surface area contributed by atoms with Gasteiger partial charge in [0, 0.05) is 19.5 Å². The van der Waals surface area contributed by atoms with Crippen LogP contribution in [-0.4, -0.2) is 33.3 Å². The van der Waals surface area contributed by atoms with Gasteiger partial charge in [0.15, 0.2) is 0 Å². The first-order valence-electron chi connectivity index (χ1n) is 6.69. The molecule has 104 valence electrons. The number of carbonyl (C=O) groups excluding carboxylic acids is 1. The SMILES string of the molecule is COC(=O)CCC1CCN(c2ccccc2OC)C1. The average Bonchev–Trinajstić information content (AvgIpc) is 2.93. The Bertz CT molecular complexity index is 433. The number of para-hydroxylation sites is 2. The third-order valence-corrected chi connectivity index (χ3v) is 3.70. The Balaban J connectivity index is 1.92. The van der Waals surface area contributed by atoms with E-state index in [1.165, 1.54) is 7.11 Å². The maximum atomic E-state index is 11.2. The first-order valence-corrected chi connectivity index (χ1v) is 6.69. The fraction of sp³-hybridized carbons (Fsp3) is 0.533. The van der Waals surface area contributed by atoms with Crippen LogP contribution in [0.1, 0.15) is 19.3 Å². The molecule has 0 saturated carbocycles. The Morgan fingerprint density at radius 2 is 2.16 bits per heavy atom. The molecule has 0 aromatic heterocycles. The number of ether oxygens (including phenoxy) is 2. The molecule has 0 bridgehead atoms. The lowest BCUT2D eigenvalue weighted by atomic mass is 10.0. The second-order valence-electron chi connectivity index (χ2n) is 4.89. The zero-order valence-corrected chi connectivity index (χ0v) is 11.6. The highest BCUT2D eigenvalue weighted by Gasteiger charge is 2.24. The monoisotopic (exact) mass is 263 g/mol. The lowest BCUT2D eigenvalue weighted by Crippen LogP contribution is -2.20. The molecule has 0 aliphatic carbocycles. The van der Waals surface area contributed by atoms with Crippen LogP contribution >= 0.6 is 0 Å². The van der Waals surface area contributed by atoms with E-state index < -0.39 is 0 Å². The van der Waals surface area contributed by atoms with Crippen LogP contribution in [-0.2, 0) is 9.53 Å². The molecule has 0 amide bonds. The molecule has 19 heavy (non-hydrogen) atoms. The molecule has 1 aromatic rings. The van der Waals surface area contributed by atoms with Crippen molar-refractivity contribution >= 4 is 11.7 Å². The molecule has 2 rings (SSSR count). The summed E-state index contributed by atoms with van der Waals surface area (Å²) in [5.41, 5.74) is 1.14. The van der Waals surface area contributed by atoms with Crippen LogP contribution in [0.15, 0.2) is 24.3 Å². The van der Waals surface area contributed by atoms with Gasteiger partial charge in [-0.05, 0) is 30.9 Å². The van der Waals surface area contributed by atoms with E-state index in [2.05, 4.69) is 15.7 Å². The summed E-state index contributed by atoms with van der Waals surface area (Å²) in [6, 6.07) is 8.07. The van der Waals surface area contributed by atoms with Crippen LogP contribution in [0, 0.1) is 5.92 Å². The summed E-state index contributed by atoms with van der Waals surface area (Å²) in [5.74, 6) is 1.36. The van der Waals surface area contributed by atoms with Gasteiger partial charge in [0.1, 0.15) is 5.75 Å². The van der Waals surface area contributed by atoms with Gasteiger partial charge >= 0.3 is 5.97 Å². The summed E-state index contributed by atoms with van der Waals surface area (Å²) in [4.78, 5) is 13.5. The number of hydrogen-bond acceptors (Lipinski definition) is 4. The number of carbonyl (C=O) groups is 1. The topological polar surface area (TPSA) is 38.8 Å². The van der Waals surface area contributed by atoms with Crippen molar-refractivity contribution in [3.8, 4) is 5.75 Å². The molecular formula is C15H21NO3. The standard InChI is InChI=1S/C15H21NO3/c1-18-14-6-4-3-5-13(14)16-10-9-12(11-16)7-8-15(17)19-2/h3-6,12H,7-11H2,1-2H3. The Labute approximate surface area is 114 Å². The molecule has 1 aromatic carbocycles. The van der Waals surface area contributed by atoms with Crippen LogP contribution in [0.5, 0.6) is 5.75 Å². The van der Waals surface area contributed by atoms with Crippen molar-refractivity contribution in [1.29, 1.82) is 0 Å². The number of nitrogens with zero attached hydrogens (tertiary/aromatic N) is 1. The lowest BCUT2D eigenvalue weighted by Gasteiger charge is -2.21. The summed E-state index contributed by atoms with van der Waals surface area (Å²) < 4.78 is 10.1. The van der Waals surface area contributed by atoms with Crippen LogP contribution in [0.3, 0.4) is 0 Å². The minimum absolute atomic E-state index is 0.115. The van der Waals surface area contributed by atoms with E-state index in [1.807, 2.05) is 18.2 Å². The maximum absolute atomic E-state index is 11.2. The highest BCUT2D eigenvalue weighted by atomic mass is 16.5. The summed E-state index contributed by atoms with van der Waals surface area (Å²) in [5, 5.41) is 0. The molecule has 4 heteroatoms. The molecule has 1 unspecified atom stereocenters. The fourth-order valence-corrected chi connectivity index (χ4v) is 2.60.